The second-order valence-electron chi connectivity index (χ2n) is 12.1. The van der Waals surface area contributed by atoms with Crippen LogP contribution in [0.15, 0.2) is 102 Å². The second kappa shape index (κ2) is 15.8. The molecule has 0 aliphatic carbocycles. The van der Waals surface area contributed by atoms with E-state index in [0.29, 0.717) is 21.4 Å². The molecule has 4 rings (SSSR count). The van der Waals surface area contributed by atoms with Crippen molar-refractivity contribution in [3.05, 3.63) is 118 Å². The van der Waals surface area contributed by atoms with Gasteiger partial charge in [-0.15, -0.1) is 0 Å². The molecule has 0 heterocycles. The van der Waals surface area contributed by atoms with E-state index in [4.69, 9.17) is 32.7 Å². The number of benzene rings is 4. The van der Waals surface area contributed by atoms with Crippen LogP contribution in [0.5, 0.6) is 11.5 Å². The third-order valence-corrected chi connectivity index (χ3v) is 9.77. The van der Waals surface area contributed by atoms with Crippen LogP contribution in [-0.2, 0) is 32.6 Å². The van der Waals surface area contributed by atoms with E-state index >= 15 is 0 Å². The first kappa shape index (κ1) is 36.6. The molecule has 0 saturated carbocycles. The highest BCUT2D eigenvalue weighted by molar-refractivity contribution is 7.92. The first-order valence-corrected chi connectivity index (χ1v) is 17.3. The summed E-state index contributed by atoms with van der Waals surface area (Å²) in [4.78, 5) is 30.1. The number of amides is 2. The maximum absolute atomic E-state index is 14.7. The zero-order valence-electron chi connectivity index (χ0n) is 27.4. The molecule has 0 bridgehead atoms. The molecule has 0 spiro atoms. The molecule has 1 atom stereocenters. The van der Waals surface area contributed by atoms with Crippen molar-refractivity contribution in [2.45, 2.75) is 50.2 Å². The Hall–Kier alpha value is -4.25. The van der Waals surface area contributed by atoms with Crippen LogP contribution in [0.1, 0.15) is 31.9 Å². The lowest BCUT2D eigenvalue weighted by Gasteiger charge is -2.35. The van der Waals surface area contributed by atoms with Crippen molar-refractivity contribution in [3.8, 4) is 11.5 Å². The molecule has 48 heavy (non-hydrogen) atoms. The Morgan fingerprint density at radius 2 is 1.50 bits per heavy atom. The van der Waals surface area contributed by atoms with Gasteiger partial charge in [-0.3, -0.25) is 13.9 Å². The number of para-hydroxylation sites is 2. The highest BCUT2D eigenvalue weighted by Crippen LogP contribution is 2.33. The molecule has 1 unspecified atom stereocenters. The minimum Gasteiger partial charge on any atom is -0.497 e. The lowest BCUT2D eigenvalue weighted by Crippen LogP contribution is -2.56. The SMILES string of the molecule is COc1ccc(S(=O)(=O)N(CC(=O)N(Cc2ccc(Cl)cc2Cl)C(Cc2ccccc2)C(=O)NC(C)(C)C)c2ccccc2OC)cc1. The zero-order chi connectivity index (χ0) is 35.1. The summed E-state index contributed by atoms with van der Waals surface area (Å²) in [7, 11) is -1.46. The summed E-state index contributed by atoms with van der Waals surface area (Å²) >= 11 is 12.8. The molecule has 12 heteroatoms. The lowest BCUT2D eigenvalue weighted by atomic mass is 10.0. The maximum atomic E-state index is 14.7. The molecule has 0 saturated heterocycles. The number of rotatable bonds is 13. The minimum atomic E-state index is -4.35. The predicted octanol–water partition coefficient (Wildman–Crippen LogP) is 6.76. The summed E-state index contributed by atoms with van der Waals surface area (Å²) in [5.74, 6) is -0.352. The van der Waals surface area contributed by atoms with E-state index in [1.807, 2.05) is 51.1 Å². The van der Waals surface area contributed by atoms with Crippen LogP contribution in [0, 0.1) is 0 Å². The van der Waals surface area contributed by atoms with Gasteiger partial charge in [-0.05, 0) is 80.4 Å². The molecule has 254 valence electrons. The van der Waals surface area contributed by atoms with Gasteiger partial charge in [-0.2, -0.15) is 0 Å². The van der Waals surface area contributed by atoms with Crippen LogP contribution in [-0.4, -0.2) is 57.5 Å². The monoisotopic (exact) mass is 711 g/mol. The van der Waals surface area contributed by atoms with Crippen molar-refractivity contribution in [2.75, 3.05) is 25.1 Å². The van der Waals surface area contributed by atoms with Gasteiger partial charge in [0.2, 0.25) is 11.8 Å². The van der Waals surface area contributed by atoms with Crippen molar-refractivity contribution in [1.29, 1.82) is 0 Å². The van der Waals surface area contributed by atoms with E-state index in [2.05, 4.69) is 5.32 Å². The molecule has 0 fully saturated rings. The molecule has 0 aromatic heterocycles. The van der Waals surface area contributed by atoms with E-state index in [1.54, 1.807) is 42.5 Å². The van der Waals surface area contributed by atoms with Gasteiger partial charge in [0.1, 0.15) is 24.1 Å². The minimum absolute atomic E-state index is 0.0689. The molecule has 0 aliphatic heterocycles. The first-order valence-electron chi connectivity index (χ1n) is 15.1. The normalized spacial score (nSPS) is 12.1. The summed E-state index contributed by atoms with van der Waals surface area (Å²) in [6.45, 7) is 4.77. The number of methoxy groups -OCH3 is 2. The van der Waals surface area contributed by atoms with Crippen LogP contribution in [0.4, 0.5) is 5.69 Å². The molecular weight excluding hydrogens is 673 g/mol. The van der Waals surface area contributed by atoms with Crippen LogP contribution in [0.3, 0.4) is 0 Å². The standard InChI is InChI=1S/C36H39Cl2N3O6S/c1-36(2,3)39-35(43)32(21-25-11-7-6-8-12-25)40(23-26-15-16-27(37)22-30(26)38)34(42)24-41(31-13-9-10-14-33(31)47-5)48(44,45)29-19-17-28(46-4)18-20-29/h6-20,22,32H,21,23-24H2,1-5H3,(H,39,43). The molecule has 0 aliphatic rings. The Balaban J connectivity index is 1.86. The number of hydrogen-bond donors (Lipinski definition) is 1. The number of ether oxygens (including phenoxy) is 2. The number of sulfonamides is 1. The molecule has 2 amide bonds. The smallest absolute Gasteiger partial charge is 0.264 e. The molecule has 9 nitrogen and oxygen atoms in total. The number of nitrogens with zero attached hydrogens (tertiary/aromatic N) is 2. The quantitative estimate of drug-likeness (QED) is 0.164. The van der Waals surface area contributed by atoms with Crippen LogP contribution >= 0.6 is 23.2 Å². The largest absolute Gasteiger partial charge is 0.497 e. The Bertz CT molecular complexity index is 1830. The van der Waals surface area contributed by atoms with Gasteiger partial charge in [-0.25, -0.2) is 8.42 Å². The van der Waals surface area contributed by atoms with Gasteiger partial charge in [-0.1, -0.05) is 71.7 Å². The van der Waals surface area contributed by atoms with Gasteiger partial charge in [0.15, 0.2) is 0 Å². The number of carbonyl (C=O) groups excluding carboxylic acids is 2. The van der Waals surface area contributed by atoms with E-state index in [1.165, 1.54) is 43.4 Å². The van der Waals surface area contributed by atoms with Crippen molar-refractivity contribution in [2.24, 2.45) is 0 Å². The average molecular weight is 713 g/mol. The Morgan fingerprint density at radius 1 is 0.854 bits per heavy atom. The molecule has 4 aromatic rings. The fourth-order valence-corrected chi connectivity index (χ4v) is 6.96. The van der Waals surface area contributed by atoms with Crippen LogP contribution < -0.4 is 19.1 Å². The first-order chi connectivity index (χ1) is 22.7. The molecule has 0 radical (unpaired) electrons. The van der Waals surface area contributed by atoms with E-state index in [-0.39, 0.29) is 29.3 Å². The van der Waals surface area contributed by atoms with Gasteiger partial charge in [0, 0.05) is 28.5 Å². The van der Waals surface area contributed by atoms with Gasteiger partial charge in [0.25, 0.3) is 10.0 Å². The Kier molecular flexibility index (Phi) is 12.0. The summed E-state index contributed by atoms with van der Waals surface area (Å²) < 4.78 is 40.4. The van der Waals surface area contributed by atoms with Crippen molar-refractivity contribution >= 4 is 50.7 Å². The van der Waals surface area contributed by atoms with Crippen LogP contribution in [0.2, 0.25) is 10.0 Å². The summed E-state index contributed by atoms with van der Waals surface area (Å²) in [6, 6.07) is 25.5. The van der Waals surface area contributed by atoms with Crippen molar-refractivity contribution < 1.29 is 27.5 Å². The predicted molar refractivity (Wildman–Crippen MR) is 189 cm³/mol. The van der Waals surface area contributed by atoms with Crippen molar-refractivity contribution in [1.82, 2.24) is 10.2 Å². The molecule has 4 aromatic carbocycles. The number of carbonyl (C=O) groups is 2. The average Bonchev–Trinajstić information content (AvgIpc) is 3.05. The van der Waals surface area contributed by atoms with E-state index < -0.39 is 40.0 Å². The second-order valence-corrected chi connectivity index (χ2v) is 14.8. The Morgan fingerprint density at radius 3 is 2.10 bits per heavy atom. The van der Waals surface area contributed by atoms with Crippen LogP contribution in [0.25, 0.3) is 0 Å². The maximum Gasteiger partial charge on any atom is 0.264 e. The third kappa shape index (κ3) is 9.21. The van der Waals surface area contributed by atoms with E-state index in [9.17, 15) is 18.0 Å². The number of anilines is 1. The zero-order valence-corrected chi connectivity index (χ0v) is 29.8. The summed E-state index contributed by atoms with van der Waals surface area (Å²) in [5.41, 5.74) is 0.851. The third-order valence-electron chi connectivity index (χ3n) is 7.41. The summed E-state index contributed by atoms with van der Waals surface area (Å²) in [6.07, 6.45) is 0.152. The van der Waals surface area contributed by atoms with Gasteiger partial charge < -0.3 is 19.7 Å². The number of hydrogen-bond acceptors (Lipinski definition) is 6. The van der Waals surface area contributed by atoms with E-state index in [0.717, 1.165) is 9.87 Å². The highest BCUT2D eigenvalue weighted by atomic mass is 35.5. The lowest BCUT2D eigenvalue weighted by molar-refractivity contribution is -0.140. The van der Waals surface area contributed by atoms with Gasteiger partial charge in [0.05, 0.1) is 24.8 Å². The molecular formula is C36H39Cl2N3O6S. The summed E-state index contributed by atoms with van der Waals surface area (Å²) in [5, 5.41) is 3.70. The van der Waals surface area contributed by atoms with Crippen molar-refractivity contribution in [3.63, 3.8) is 0 Å². The fourth-order valence-electron chi connectivity index (χ4n) is 5.06. The van der Waals surface area contributed by atoms with Gasteiger partial charge >= 0.3 is 0 Å². The number of nitrogens with one attached hydrogen (secondary N) is 1. The number of halogens is 2. The fraction of sp³-hybridized carbons (Fsp3) is 0.278. The topological polar surface area (TPSA) is 105 Å². The Labute approximate surface area is 292 Å². The molecule has 1 N–H and O–H groups in total. The highest BCUT2D eigenvalue weighted by Gasteiger charge is 2.36.